The number of hydrogen-bond donors (Lipinski definition) is 1. The van der Waals surface area contributed by atoms with Gasteiger partial charge in [-0.05, 0) is 17.9 Å². The molecule has 0 aliphatic carbocycles. The standard InChI is InChI=1S/C18H22Cl2N2O2S.HI/c1-21(2,3)13-7-11(19)9-15(17(13)23)25-16-10-12(20)8-14(18(16)24)22(4,5)6;/h7-10H,1-6H3;1H. The molecule has 0 spiro atoms. The number of rotatable bonds is 4. The van der Waals surface area contributed by atoms with E-state index in [9.17, 15) is 10.2 Å². The predicted molar refractivity (Wildman–Crippen MR) is 107 cm³/mol. The Hall–Kier alpha value is -0.380. The molecule has 1 N–H and O–H groups in total. The van der Waals surface area contributed by atoms with E-state index in [-0.39, 0.29) is 35.5 Å². The second kappa shape index (κ2) is 8.32. The van der Waals surface area contributed by atoms with E-state index >= 15 is 0 Å². The Morgan fingerprint density at radius 3 is 1.69 bits per heavy atom. The number of benzene rings is 2. The number of halogens is 3. The summed E-state index contributed by atoms with van der Waals surface area (Å²) in [5.74, 6) is 0.0150. The molecule has 0 radical (unpaired) electrons. The van der Waals surface area contributed by atoms with Gasteiger partial charge in [-0.3, -0.25) is 8.97 Å². The van der Waals surface area contributed by atoms with Gasteiger partial charge in [0, 0.05) is 27.1 Å². The summed E-state index contributed by atoms with van der Waals surface area (Å²) in [4.78, 5) is 0.989. The van der Waals surface area contributed by atoms with Crippen LogP contribution in [0.3, 0.4) is 0 Å². The summed E-state index contributed by atoms with van der Waals surface area (Å²) in [6.45, 7) is 0. The van der Waals surface area contributed by atoms with Crippen molar-refractivity contribution in [1.29, 1.82) is 0 Å². The lowest BCUT2D eigenvalue weighted by Crippen LogP contribution is -3.00. The first-order valence-electron chi connectivity index (χ1n) is 7.65. The minimum absolute atomic E-state index is 0. The Morgan fingerprint density at radius 2 is 1.23 bits per heavy atom. The van der Waals surface area contributed by atoms with Crippen molar-refractivity contribution < 1.29 is 34.2 Å². The topological polar surface area (TPSA) is 43.3 Å². The number of nitrogens with zero attached hydrogens (tertiary/aromatic N) is 2. The Balaban J connectivity index is 0.00000338. The zero-order valence-electron chi connectivity index (χ0n) is 15.6. The molecule has 0 aromatic heterocycles. The third-order valence-corrected chi connectivity index (χ3v) is 5.18. The van der Waals surface area contributed by atoms with Crippen LogP contribution in [0.4, 0.5) is 11.4 Å². The minimum atomic E-state index is -0.104. The monoisotopic (exact) mass is 528 g/mol. The second-order valence-corrected chi connectivity index (χ2v) is 9.61. The maximum atomic E-state index is 12.8. The van der Waals surface area contributed by atoms with E-state index in [2.05, 4.69) is 0 Å². The number of phenols is 1. The Labute approximate surface area is 186 Å². The van der Waals surface area contributed by atoms with Crippen molar-refractivity contribution in [3.63, 3.8) is 0 Å². The summed E-state index contributed by atoms with van der Waals surface area (Å²) in [7, 11) is 11.5. The summed E-state index contributed by atoms with van der Waals surface area (Å²) >= 11 is 13.6. The van der Waals surface area contributed by atoms with E-state index in [1.165, 1.54) is 11.8 Å². The van der Waals surface area contributed by atoms with Crippen LogP contribution in [0.1, 0.15) is 0 Å². The van der Waals surface area contributed by atoms with Crippen molar-refractivity contribution in [1.82, 2.24) is 8.97 Å². The average Bonchev–Trinajstić information content (AvgIpc) is 2.43. The zero-order chi connectivity index (χ0) is 19.2. The van der Waals surface area contributed by atoms with Gasteiger partial charge in [-0.15, -0.1) is 0 Å². The molecule has 0 atom stereocenters. The Bertz CT molecular complexity index is 751. The Morgan fingerprint density at radius 1 is 0.808 bits per heavy atom. The average molecular weight is 529 g/mol. The number of hydrogen-bond acceptors (Lipinski definition) is 3. The molecular weight excluding hydrogens is 506 g/mol. The molecule has 8 heteroatoms. The zero-order valence-corrected chi connectivity index (χ0v) is 20.1. The van der Waals surface area contributed by atoms with Crippen LogP contribution in [0, 0.1) is 0 Å². The quantitative estimate of drug-likeness (QED) is 0.481. The van der Waals surface area contributed by atoms with Crippen molar-refractivity contribution in [3.05, 3.63) is 34.3 Å². The molecule has 0 unspecified atom stereocenters. The van der Waals surface area contributed by atoms with Crippen LogP contribution in [0.25, 0.3) is 0 Å². The van der Waals surface area contributed by atoms with Gasteiger partial charge in [0.1, 0.15) is 5.69 Å². The van der Waals surface area contributed by atoms with E-state index in [1.54, 1.807) is 24.3 Å². The van der Waals surface area contributed by atoms with Crippen LogP contribution in [-0.4, -0.2) is 47.4 Å². The van der Waals surface area contributed by atoms with Crippen LogP contribution in [0.5, 0.6) is 11.5 Å². The largest absolute Gasteiger partial charge is 1.00 e. The number of quaternary nitrogens is 2. The molecular formula is C18H23Cl2IN2O2S. The molecule has 2 aromatic rings. The van der Waals surface area contributed by atoms with Crippen LogP contribution >= 0.6 is 35.0 Å². The van der Waals surface area contributed by atoms with Gasteiger partial charge in [0.25, 0.3) is 0 Å². The highest BCUT2D eigenvalue weighted by molar-refractivity contribution is 7.99. The molecule has 0 fully saturated rings. The van der Waals surface area contributed by atoms with Crippen molar-refractivity contribution in [3.8, 4) is 11.5 Å². The normalized spacial score (nSPS) is 12.0. The Kier molecular flexibility index (Phi) is 7.58. The molecule has 0 heterocycles. The van der Waals surface area contributed by atoms with Crippen LogP contribution in [0.15, 0.2) is 34.1 Å². The molecule has 144 valence electrons. The van der Waals surface area contributed by atoms with Crippen molar-refractivity contribution in [2.45, 2.75) is 9.79 Å². The van der Waals surface area contributed by atoms with Crippen molar-refractivity contribution in [2.75, 3.05) is 42.3 Å². The first kappa shape index (κ1) is 23.7. The molecule has 0 amide bonds. The summed E-state index contributed by atoms with van der Waals surface area (Å²) in [5.41, 5.74) is 1.26. The molecule has 26 heavy (non-hydrogen) atoms. The number of aromatic hydroxyl groups is 1. The molecule has 2 rings (SSSR count). The van der Waals surface area contributed by atoms with Gasteiger partial charge in [0.2, 0.25) is 0 Å². The lowest BCUT2D eigenvalue weighted by atomic mass is 10.2. The fraction of sp³-hybridized carbons (Fsp3) is 0.333. The van der Waals surface area contributed by atoms with Gasteiger partial charge in [-0.2, -0.15) is 0 Å². The van der Waals surface area contributed by atoms with Gasteiger partial charge in [-0.1, -0.05) is 35.0 Å². The highest BCUT2D eigenvalue weighted by atomic mass is 127. The molecule has 2 aromatic carbocycles. The summed E-state index contributed by atoms with van der Waals surface area (Å²) < 4.78 is 0.766. The fourth-order valence-electron chi connectivity index (χ4n) is 2.40. The van der Waals surface area contributed by atoms with Gasteiger partial charge in [0.15, 0.2) is 11.4 Å². The van der Waals surface area contributed by atoms with Gasteiger partial charge in [-0.25, -0.2) is 0 Å². The van der Waals surface area contributed by atoms with Crippen molar-refractivity contribution in [2.24, 2.45) is 0 Å². The van der Waals surface area contributed by atoms with Crippen LogP contribution < -0.4 is 38.0 Å². The van der Waals surface area contributed by atoms with Gasteiger partial charge in [0.05, 0.1) is 47.2 Å². The predicted octanol–water partition coefficient (Wildman–Crippen LogP) is 1.32. The van der Waals surface area contributed by atoms with E-state index in [0.29, 0.717) is 40.2 Å². The third-order valence-electron chi connectivity index (χ3n) is 3.68. The second-order valence-electron chi connectivity index (χ2n) is 7.65. The minimum Gasteiger partial charge on any atom is -1.00 e. The lowest BCUT2D eigenvalue weighted by molar-refractivity contribution is -0.272. The maximum absolute atomic E-state index is 12.8. The SMILES string of the molecule is C[N+](C)(C)c1cc(Cl)cc(Sc2cc(Cl)cc([N+](C)(C)C)c2O)c1[O-].[I-]. The molecule has 4 nitrogen and oxygen atoms in total. The molecule has 0 aliphatic rings. The van der Waals surface area contributed by atoms with Crippen molar-refractivity contribution >= 4 is 46.3 Å². The van der Waals surface area contributed by atoms with E-state index in [0.717, 1.165) is 0 Å². The first-order chi connectivity index (χ1) is 11.3. The third kappa shape index (κ3) is 5.33. The summed E-state index contributed by atoms with van der Waals surface area (Å²) in [5, 5.41) is 24.5. The first-order valence-corrected chi connectivity index (χ1v) is 9.23. The van der Waals surface area contributed by atoms with Gasteiger partial charge >= 0.3 is 0 Å². The smallest absolute Gasteiger partial charge is 0.191 e. The van der Waals surface area contributed by atoms with E-state index < -0.39 is 0 Å². The lowest BCUT2D eigenvalue weighted by Gasteiger charge is -2.30. The molecule has 0 bridgehead atoms. The highest BCUT2D eigenvalue weighted by Gasteiger charge is 2.23. The van der Waals surface area contributed by atoms with E-state index in [4.69, 9.17) is 23.2 Å². The highest BCUT2D eigenvalue weighted by Crippen LogP contribution is 2.47. The maximum Gasteiger partial charge on any atom is 0.191 e. The molecule has 0 saturated heterocycles. The molecule has 0 saturated carbocycles. The summed E-state index contributed by atoms with van der Waals surface area (Å²) in [6.07, 6.45) is 0. The number of phenolic OH excluding ortho intramolecular Hbond substituents is 1. The van der Waals surface area contributed by atoms with Gasteiger partial charge < -0.3 is 34.2 Å². The van der Waals surface area contributed by atoms with E-state index in [1.807, 2.05) is 42.3 Å². The fourth-order valence-corrected chi connectivity index (χ4v) is 3.96. The summed E-state index contributed by atoms with van der Waals surface area (Å²) in [6, 6.07) is 6.70. The van der Waals surface area contributed by atoms with Crippen LogP contribution in [-0.2, 0) is 0 Å². The van der Waals surface area contributed by atoms with Crippen LogP contribution in [0.2, 0.25) is 10.0 Å². The molecule has 0 aliphatic heterocycles.